The van der Waals surface area contributed by atoms with E-state index in [1.54, 1.807) is 0 Å². The van der Waals surface area contributed by atoms with Gasteiger partial charge in [-0.15, -0.1) is 0 Å². The Morgan fingerprint density at radius 1 is 1.05 bits per heavy atom. The first kappa shape index (κ1) is 26.0. The second-order valence-electron chi connectivity index (χ2n) is 7.69. The molecule has 190 valence electrons. The summed E-state index contributed by atoms with van der Waals surface area (Å²) in [7, 11) is 0. The zero-order chi connectivity index (χ0) is 26.9. The summed E-state index contributed by atoms with van der Waals surface area (Å²) in [5, 5.41) is 10.9. The maximum atomic E-state index is 13.0. The molecule has 13 heteroatoms. The molecular weight excluding hydrogens is 538 g/mol. The third-order valence-corrected chi connectivity index (χ3v) is 5.64. The van der Waals surface area contributed by atoms with Gasteiger partial charge in [-0.05, 0) is 42.0 Å². The van der Waals surface area contributed by atoms with Crippen molar-refractivity contribution in [1.29, 1.82) is 0 Å². The molecule has 0 fully saturated rings. The second-order valence-corrected chi connectivity index (χ2v) is 8.50. The van der Waals surface area contributed by atoms with Gasteiger partial charge in [0, 0.05) is 11.8 Å². The zero-order valence-corrected chi connectivity index (χ0v) is 19.9. The van der Waals surface area contributed by atoms with E-state index in [0.717, 1.165) is 12.1 Å². The third-order valence-electron chi connectivity index (χ3n) is 5.07. The molecular formula is C24H14Cl2F3N3O5. The highest BCUT2D eigenvalue weighted by Gasteiger charge is 2.30. The second kappa shape index (κ2) is 10.1. The van der Waals surface area contributed by atoms with E-state index in [1.807, 2.05) is 0 Å². The number of nitrogens with one attached hydrogen (secondary N) is 1. The van der Waals surface area contributed by atoms with Crippen LogP contribution in [0.15, 0.2) is 65.7 Å². The molecule has 0 atom stereocenters. The summed E-state index contributed by atoms with van der Waals surface area (Å²) in [5.74, 6) is -2.75. The Bertz CT molecular complexity index is 1580. The number of halogens is 5. The molecule has 0 saturated heterocycles. The van der Waals surface area contributed by atoms with E-state index in [4.69, 9.17) is 33.0 Å². The van der Waals surface area contributed by atoms with Gasteiger partial charge in [0.2, 0.25) is 0 Å². The molecule has 0 aliphatic rings. The molecule has 2 N–H and O–H groups in total. The minimum Gasteiger partial charge on any atom is -0.474 e. The van der Waals surface area contributed by atoms with E-state index in [1.165, 1.54) is 53.4 Å². The predicted molar refractivity (Wildman–Crippen MR) is 129 cm³/mol. The number of nitrogens with zero attached hydrogens (tertiary/aromatic N) is 2. The lowest BCUT2D eigenvalue weighted by molar-refractivity contribution is -0.147. The highest BCUT2D eigenvalue weighted by molar-refractivity contribution is 6.39. The smallest absolute Gasteiger partial charge is 0.416 e. The molecule has 1 amide bonds. The quantitative estimate of drug-likeness (QED) is 0.313. The Kier molecular flexibility index (Phi) is 7.10. The van der Waals surface area contributed by atoms with Crippen LogP contribution in [0, 0.1) is 0 Å². The monoisotopic (exact) mass is 551 g/mol. The van der Waals surface area contributed by atoms with Crippen molar-refractivity contribution in [3.63, 3.8) is 0 Å². The van der Waals surface area contributed by atoms with Crippen molar-refractivity contribution in [1.82, 2.24) is 9.55 Å². The van der Waals surface area contributed by atoms with Gasteiger partial charge in [-0.1, -0.05) is 35.3 Å². The molecule has 4 aromatic rings. The molecule has 0 aliphatic carbocycles. The average Bonchev–Trinajstić information content (AvgIpc) is 2.83. The molecule has 0 radical (unpaired) electrons. The fourth-order valence-corrected chi connectivity index (χ4v) is 3.95. The third kappa shape index (κ3) is 5.84. The van der Waals surface area contributed by atoms with Gasteiger partial charge in [0.05, 0.1) is 39.4 Å². The summed E-state index contributed by atoms with van der Waals surface area (Å²) in [6, 6.07) is 11.5. The maximum Gasteiger partial charge on any atom is 0.416 e. The number of alkyl halides is 3. The minimum absolute atomic E-state index is 0.00824. The summed E-state index contributed by atoms with van der Waals surface area (Å²) >= 11 is 12.4. The van der Waals surface area contributed by atoms with Crippen molar-refractivity contribution in [3.8, 4) is 11.5 Å². The van der Waals surface area contributed by atoms with Crippen LogP contribution < -0.4 is 15.6 Å². The van der Waals surface area contributed by atoms with Crippen LogP contribution in [0.3, 0.4) is 0 Å². The highest BCUT2D eigenvalue weighted by Crippen LogP contribution is 2.39. The number of amides is 1. The maximum absolute atomic E-state index is 13.0. The Morgan fingerprint density at radius 3 is 2.41 bits per heavy atom. The normalized spacial score (nSPS) is 11.4. The van der Waals surface area contributed by atoms with Gasteiger partial charge in [0.15, 0.2) is 5.75 Å². The number of ether oxygens (including phenoxy) is 1. The van der Waals surface area contributed by atoms with Crippen molar-refractivity contribution in [2.24, 2.45) is 0 Å². The molecule has 3 aromatic carbocycles. The number of carboxylic acid groups (broad SMARTS) is 1. The number of aliphatic carboxylic acids is 1. The van der Waals surface area contributed by atoms with Crippen molar-refractivity contribution in [2.45, 2.75) is 12.7 Å². The number of aromatic nitrogens is 2. The molecule has 0 bridgehead atoms. The number of carboxylic acids is 1. The molecule has 8 nitrogen and oxygen atoms in total. The molecule has 0 spiro atoms. The van der Waals surface area contributed by atoms with Crippen LogP contribution in [0.1, 0.15) is 11.1 Å². The summed E-state index contributed by atoms with van der Waals surface area (Å²) < 4.78 is 45.9. The fraction of sp³-hybridized carbons (Fsp3) is 0.0833. The minimum atomic E-state index is -4.50. The lowest BCUT2D eigenvalue weighted by Crippen LogP contribution is -2.21. The molecule has 4 rings (SSSR count). The van der Waals surface area contributed by atoms with Gasteiger partial charge in [-0.25, -0.2) is 9.78 Å². The topological polar surface area (TPSA) is 111 Å². The SMILES string of the molecule is O=C(O)C(=O)Nc1cc(Cl)c(Oc2ccc3c(=O)n(Cc4cccc(C(F)(F)F)c4)cnc3c2)c(Cl)c1. The summed E-state index contributed by atoms with van der Waals surface area (Å²) in [5.41, 5.74) is -0.714. The lowest BCUT2D eigenvalue weighted by Gasteiger charge is -2.13. The molecule has 0 saturated carbocycles. The Hall–Kier alpha value is -4.09. The van der Waals surface area contributed by atoms with Gasteiger partial charge in [0.1, 0.15) is 5.75 Å². The van der Waals surface area contributed by atoms with Crippen molar-refractivity contribution in [3.05, 3.63) is 92.5 Å². The van der Waals surface area contributed by atoms with Gasteiger partial charge in [-0.2, -0.15) is 13.2 Å². The number of anilines is 1. The van der Waals surface area contributed by atoms with Crippen molar-refractivity contribution in [2.75, 3.05) is 5.32 Å². The number of fused-ring (bicyclic) bond motifs is 1. The van der Waals surface area contributed by atoms with Crippen LogP contribution in [-0.2, 0) is 22.3 Å². The van der Waals surface area contributed by atoms with E-state index >= 15 is 0 Å². The van der Waals surface area contributed by atoms with Gasteiger partial charge < -0.3 is 15.2 Å². The molecule has 0 aliphatic heterocycles. The van der Waals surface area contributed by atoms with Crippen LogP contribution in [0.25, 0.3) is 10.9 Å². The number of rotatable bonds is 5. The van der Waals surface area contributed by atoms with Gasteiger partial charge >= 0.3 is 18.1 Å². The van der Waals surface area contributed by atoms with Crippen molar-refractivity contribution >= 4 is 51.7 Å². The number of benzene rings is 3. The molecule has 1 heterocycles. The first-order chi connectivity index (χ1) is 17.4. The van der Waals surface area contributed by atoms with Gasteiger partial charge in [0.25, 0.3) is 5.56 Å². The van der Waals surface area contributed by atoms with Crippen LogP contribution in [0.5, 0.6) is 11.5 Å². The van der Waals surface area contributed by atoms with E-state index in [9.17, 15) is 27.6 Å². The molecule has 0 unspecified atom stereocenters. The Morgan fingerprint density at radius 2 is 1.76 bits per heavy atom. The number of hydrogen-bond acceptors (Lipinski definition) is 5. The van der Waals surface area contributed by atoms with Gasteiger partial charge in [-0.3, -0.25) is 14.2 Å². The van der Waals surface area contributed by atoms with E-state index in [0.29, 0.717) is 0 Å². The van der Waals surface area contributed by atoms with Crippen LogP contribution >= 0.6 is 23.2 Å². The first-order valence-corrected chi connectivity index (χ1v) is 11.0. The Labute approximate surface area is 215 Å². The first-order valence-electron chi connectivity index (χ1n) is 10.3. The standard InChI is InChI=1S/C24H14Cl2F3N3O5/c25-17-7-14(31-21(33)23(35)36)8-18(26)20(17)37-15-4-5-16-19(9-15)30-11-32(22(16)34)10-12-2-1-3-13(6-12)24(27,28)29/h1-9,11H,10H2,(H,31,33)(H,35,36). The molecule has 1 aromatic heterocycles. The van der Waals surface area contributed by atoms with Crippen molar-refractivity contribution < 1.29 is 32.6 Å². The van der Waals surface area contributed by atoms with Crippen LogP contribution in [-0.4, -0.2) is 26.5 Å². The number of hydrogen-bond donors (Lipinski definition) is 2. The predicted octanol–water partition coefficient (Wildman–Crippen LogP) is 5.59. The lowest BCUT2D eigenvalue weighted by atomic mass is 10.1. The van der Waals surface area contributed by atoms with Crippen LogP contribution in [0.4, 0.5) is 18.9 Å². The average molecular weight is 552 g/mol. The molecule has 37 heavy (non-hydrogen) atoms. The van der Waals surface area contributed by atoms with E-state index < -0.39 is 29.2 Å². The zero-order valence-electron chi connectivity index (χ0n) is 18.3. The highest BCUT2D eigenvalue weighted by atomic mass is 35.5. The van der Waals surface area contributed by atoms with Crippen LogP contribution in [0.2, 0.25) is 10.0 Å². The summed E-state index contributed by atoms with van der Waals surface area (Å²) in [6.07, 6.45) is -3.29. The summed E-state index contributed by atoms with van der Waals surface area (Å²) in [4.78, 5) is 39.2. The fourth-order valence-electron chi connectivity index (χ4n) is 3.39. The number of carbonyl (C=O) groups is 2. The Balaban J connectivity index is 1.58. The van der Waals surface area contributed by atoms with E-state index in [2.05, 4.69) is 10.3 Å². The summed E-state index contributed by atoms with van der Waals surface area (Å²) in [6.45, 7) is -0.111. The van der Waals surface area contributed by atoms with E-state index in [-0.39, 0.29) is 50.2 Å². The largest absolute Gasteiger partial charge is 0.474 e. The number of carbonyl (C=O) groups excluding carboxylic acids is 1.